The molecular weight excluding hydrogens is 238 g/mol. The van der Waals surface area contributed by atoms with Gasteiger partial charge in [-0.3, -0.25) is 4.79 Å². The van der Waals surface area contributed by atoms with Gasteiger partial charge < -0.3 is 16.0 Å². The molecule has 2 rings (SSSR count). The van der Waals surface area contributed by atoms with E-state index in [-0.39, 0.29) is 11.4 Å². The van der Waals surface area contributed by atoms with Crippen LogP contribution in [0.15, 0.2) is 24.3 Å². The molecule has 0 unspecified atom stereocenters. The summed E-state index contributed by atoms with van der Waals surface area (Å²) in [6.07, 6.45) is 1.10. The maximum absolute atomic E-state index is 12.0. The van der Waals surface area contributed by atoms with E-state index in [1.54, 1.807) is 0 Å². The van der Waals surface area contributed by atoms with E-state index in [9.17, 15) is 4.79 Å². The average Bonchev–Trinajstić information content (AvgIpc) is 2.63. The number of aryl methyl sites for hydroxylation is 1. The molecule has 0 aliphatic heterocycles. The number of rotatable bonds is 4. The van der Waals surface area contributed by atoms with Crippen molar-refractivity contribution in [3.63, 3.8) is 0 Å². The zero-order chi connectivity index (χ0) is 14.0. The summed E-state index contributed by atoms with van der Waals surface area (Å²) in [5.41, 5.74) is 8.46. The van der Waals surface area contributed by atoms with Gasteiger partial charge >= 0.3 is 0 Å². The van der Waals surface area contributed by atoms with Gasteiger partial charge in [0, 0.05) is 28.6 Å². The molecule has 4 heteroatoms. The fourth-order valence-electron chi connectivity index (χ4n) is 2.08. The second-order valence-corrected chi connectivity index (χ2v) is 5.71. The van der Waals surface area contributed by atoms with Crippen LogP contribution in [0.4, 0.5) is 5.69 Å². The van der Waals surface area contributed by atoms with E-state index < -0.39 is 0 Å². The maximum atomic E-state index is 12.0. The minimum absolute atomic E-state index is 0.00591. The zero-order valence-corrected chi connectivity index (χ0v) is 11.7. The number of aromatic nitrogens is 1. The molecule has 2 aromatic rings. The highest BCUT2D eigenvalue weighted by Crippen LogP contribution is 2.27. The van der Waals surface area contributed by atoms with Crippen LogP contribution in [0.5, 0.6) is 0 Å². The Morgan fingerprint density at radius 3 is 2.74 bits per heavy atom. The van der Waals surface area contributed by atoms with E-state index in [0.29, 0.717) is 12.8 Å². The molecular formula is C15H21N3O. The number of hydrogen-bond acceptors (Lipinski definition) is 2. The summed E-state index contributed by atoms with van der Waals surface area (Å²) in [6, 6.07) is 7.94. The van der Waals surface area contributed by atoms with Crippen LogP contribution in [-0.4, -0.2) is 16.4 Å². The third-order valence-corrected chi connectivity index (χ3v) is 3.15. The molecule has 0 bridgehead atoms. The van der Waals surface area contributed by atoms with Crippen molar-refractivity contribution in [3.8, 4) is 0 Å². The van der Waals surface area contributed by atoms with Gasteiger partial charge in [-0.1, -0.05) is 18.2 Å². The molecule has 0 radical (unpaired) electrons. The Bertz CT molecular complexity index is 593. The Labute approximate surface area is 113 Å². The van der Waals surface area contributed by atoms with Crippen molar-refractivity contribution >= 4 is 22.5 Å². The molecule has 1 aromatic carbocycles. The topological polar surface area (TPSA) is 70.9 Å². The number of H-pyrrole nitrogens is 1. The van der Waals surface area contributed by atoms with Crippen molar-refractivity contribution in [2.45, 2.75) is 39.2 Å². The summed E-state index contributed by atoms with van der Waals surface area (Å²) < 4.78 is 0. The number of hydrogen-bond donors (Lipinski definition) is 3. The summed E-state index contributed by atoms with van der Waals surface area (Å²) >= 11 is 0. The Balaban J connectivity index is 2.13. The summed E-state index contributed by atoms with van der Waals surface area (Å²) in [4.78, 5) is 15.2. The van der Waals surface area contributed by atoms with E-state index in [1.807, 2.05) is 45.0 Å². The Hall–Kier alpha value is -1.81. The van der Waals surface area contributed by atoms with Gasteiger partial charge in [-0.25, -0.2) is 0 Å². The number of aromatic amines is 1. The van der Waals surface area contributed by atoms with E-state index in [0.717, 1.165) is 22.3 Å². The number of anilines is 1. The number of benzene rings is 1. The number of para-hydroxylation sites is 1. The predicted molar refractivity (Wildman–Crippen MR) is 79.2 cm³/mol. The third-order valence-electron chi connectivity index (χ3n) is 3.15. The first-order valence-electron chi connectivity index (χ1n) is 6.53. The highest BCUT2D eigenvalue weighted by atomic mass is 16.1. The first kappa shape index (κ1) is 13.6. The molecule has 0 saturated heterocycles. The van der Waals surface area contributed by atoms with Crippen molar-refractivity contribution in [2.24, 2.45) is 5.73 Å². The number of carbonyl (C=O) groups is 1. The molecule has 0 fully saturated rings. The number of carbonyl (C=O) groups excluding carboxylic acids is 1. The van der Waals surface area contributed by atoms with Gasteiger partial charge in [0.05, 0.1) is 5.69 Å². The molecule has 4 nitrogen and oxygen atoms in total. The van der Waals surface area contributed by atoms with Crippen LogP contribution in [0.25, 0.3) is 10.9 Å². The fourth-order valence-corrected chi connectivity index (χ4v) is 2.08. The van der Waals surface area contributed by atoms with Gasteiger partial charge in [0.2, 0.25) is 5.91 Å². The summed E-state index contributed by atoms with van der Waals surface area (Å²) in [5.74, 6) is 0.00591. The first-order valence-corrected chi connectivity index (χ1v) is 6.53. The van der Waals surface area contributed by atoms with Crippen LogP contribution in [0.1, 0.15) is 32.4 Å². The van der Waals surface area contributed by atoms with Crippen molar-refractivity contribution in [3.05, 3.63) is 30.0 Å². The summed E-state index contributed by atoms with van der Waals surface area (Å²) in [5, 5.41) is 4.02. The second kappa shape index (κ2) is 5.05. The minimum Gasteiger partial charge on any atom is -0.357 e. The smallest absolute Gasteiger partial charge is 0.224 e. The quantitative estimate of drug-likeness (QED) is 0.790. The Morgan fingerprint density at radius 2 is 2.05 bits per heavy atom. The van der Waals surface area contributed by atoms with Crippen LogP contribution in [0, 0.1) is 6.92 Å². The lowest BCUT2D eigenvalue weighted by Gasteiger charge is -2.17. The van der Waals surface area contributed by atoms with E-state index in [4.69, 9.17) is 5.73 Å². The molecule has 0 aliphatic rings. The van der Waals surface area contributed by atoms with Crippen molar-refractivity contribution < 1.29 is 4.79 Å². The molecule has 0 aliphatic carbocycles. The molecule has 1 heterocycles. The highest BCUT2D eigenvalue weighted by Gasteiger charge is 2.15. The third kappa shape index (κ3) is 3.35. The fraction of sp³-hybridized carbons (Fsp3) is 0.400. The number of nitrogens with two attached hydrogens (primary N) is 1. The van der Waals surface area contributed by atoms with Gasteiger partial charge in [-0.05, 0) is 33.3 Å². The maximum Gasteiger partial charge on any atom is 0.224 e. The van der Waals surface area contributed by atoms with Gasteiger partial charge in [0.25, 0.3) is 0 Å². The van der Waals surface area contributed by atoms with Crippen LogP contribution >= 0.6 is 0 Å². The zero-order valence-electron chi connectivity index (χ0n) is 11.7. The minimum atomic E-state index is -0.313. The number of fused-ring (bicyclic) bond motifs is 1. The van der Waals surface area contributed by atoms with E-state index in [1.165, 1.54) is 0 Å². The Morgan fingerprint density at radius 1 is 1.37 bits per heavy atom. The molecule has 0 spiro atoms. The van der Waals surface area contributed by atoms with Crippen LogP contribution < -0.4 is 11.1 Å². The molecule has 102 valence electrons. The van der Waals surface area contributed by atoms with Crippen LogP contribution in [-0.2, 0) is 4.79 Å². The largest absolute Gasteiger partial charge is 0.357 e. The normalized spacial score (nSPS) is 11.8. The van der Waals surface area contributed by atoms with Gasteiger partial charge in [-0.2, -0.15) is 0 Å². The molecule has 19 heavy (non-hydrogen) atoms. The predicted octanol–water partition coefficient (Wildman–Crippen LogP) is 2.93. The van der Waals surface area contributed by atoms with E-state index in [2.05, 4.69) is 10.3 Å². The summed E-state index contributed by atoms with van der Waals surface area (Å²) in [6.45, 7) is 5.82. The van der Waals surface area contributed by atoms with E-state index >= 15 is 0 Å². The summed E-state index contributed by atoms with van der Waals surface area (Å²) in [7, 11) is 0. The molecule has 4 N–H and O–H groups in total. The lowest BCUT2D eigenvalue weighted by molar-refractivity contribution is -0.116. The van der Waals surface area contributed by atoms with Gasteiger partial charge in [0.1, 0.15) is 0 Å². The lowest BCUT2D eigenvalue weighted by atomic mass is 10.00. The lowest BCUT2D eigenvalue weighted by Crippen LogP contribution is -2.33. The van der Waals surface area contributed by atoms with Crippen LogP contribution in [0.2, 0.25) is 0 Å². The molecule has 0 saturated carbocycles. The van der Waals surface area contributed by atoms with Gasteiger partial charge in [-0.15, -0.1) is 0 Å². The number of nitrogens with one attached hydrogen (secondary N) is 2. The molecule has 0 atom stereocenters. The second-order valence-electron chi connectivity index (χ2n) is 5.71. The standard InChI is InChI=1S/C15H21N3O/c1-10-14(11-6-4-5-7-12(11)17-10)18-13(19)8-9-15(2,3)16/h4-7,17H,8-9,16H2,1-3H3,(H,18,19). The molecule has 1 amide bonds. The highest BCUT2D eigenvalue weighted by molar-refractivity contribution is 6.02. The average molecular weight is 259 g/mol. The SMILES string of the molecule is Cc1[nH]c2ccccc2c1NC(=O)CCC(C)(C)N. The van der Waals surface area contributed by atoms with Crippen molar-refractivity contribution in [2.75, 3.05) is 5.32 Å². The Kier molecular flexibility index (Phi) is 3.62. The first-order chi connectivity index (χ1) is 8.87. The molecule has 1 aromatic heterocycles. The van der Waals surface area contributed by atoms with Crippen LogP contribution in [0.3, 0.4) is 0 Å². The van der Waals surface area contributed by atoms with Crippen molar-refractivity contribution in [1.29, 1.82) is 0 Å². The van der Waals surface area contributed by atoms with Gasteiger partial charge in [0.15, 0.2) is 0 Å². The monoisotopic (exact) mass is 259 g/mol. The number of amides is 1. The van der Waals surface area contributed by atoms with Crippen molar-refractivity contribution in [1.82, 2.24) is 4.98 Å².